The second kappa shape index (κ2) is 15.5. The molecule has 1 aliphatic heterocycles. The molecule has 1 atom stereocenters. The molecule has 5 rings (SSSR count). The molecule has 12 heteroatoms. The minimum absolute atomic E-state index is 0.121. The molecule has 2 aromatic heterocycles. The van der Waals surface area contributed by atoms with E-state index in [9.17, 15) is 9.59 Å². The first kappa shape index (κ1) is 31.2. The smallest absolute Gasteiger partial charge is 0.410 e. The van der Waals surface area contributed by atoms with Crippen LogP contribution in [-0.4, -0.2) is 70.9 Å². The number of unbranched alkanes of at least 4 members (excludes halogenated alkanes) is 1. The van der Waals surface area contributed by atoms with Crippen molar-refractivity contribution in [3.8, 4) is 11.5 Å². The lowest BCUT2D eigenvalue weighted by Crippen LogP contribution is -2.51. The lowest BCUT2D eigenvalue weighted by Gasteiger charge is -2.34. The first-order valence-electron chi connectivity index (χ1n) is 14.8. The average Bonchev–Trinajstić information content (AvgIpc) is 3.08. The molecular weight excluding hydrogens is 576 g/mol. The van der Waals surface area contributed by atoms with E-state index in [1.54, 1.807) is 23.2 Å². The largest absolute Gasteiger partial charge is 0.489 e. The third-order valence-corrected chi connectivity index (χ3v) is 7.03. The Morgan fingerprint density at radius 2 is 1.98 bits per heavy atom. The van der Waals surface area contributed by atoms with Crippen molar-refractivity contribution in [2.75, 3.05) is 43.6 Å². The van der Waals surface area contributed by atoms with Gasteiger partial charge in [0.2, 0.25) is 5.91 Å². The Morgan fingerprint density at radius 3 is 2.76 bits per heavy atom. The molecule has 0 unspecified atom stereocenters. The van der Waals surface area contributed by atoms with Crippen molar-refractivity contribution in [3.63, 3.8) is 0 Å². The van der Waals surface area contributed by atoms with Crippen molar-refractivity contribution in [1.82, 2.24) is 19.9 Å². The molecule has 0 bridgehead atoms. The Bertz CT molecular complexity index is 1600. The summed E-state index contributed by atoms with van der Waals surface area (Å²) in [4.78, 5) is 39.8. The van der Waals surface area contributed by atoms with Crippen molar-refractivity contribution in [2.45, 2.75) is 32.4 Å². The number of rotatable bonds is 13. The SMILES string of the molecule is C=CC(=O)Nc1cc2c(Nc3ccc(OCc4ccccn4)cc3)ncnc2cc1OC[C@H]1COCCN1C(=O)OCCCC. The first-order chi connectivity index (χ1) is 22.0. The zero-order valence-electron chi connectivity index (χ0n) is 25.1. The molecular formula is C33H36N6O6. The van der Waals surface area contributed by atoms with Gasteiger partial charge in [-0.25, -0.2) is 14.8 Å². The molecule has 0 saturated carbocycles. The molecule has 234 valence electrons. The number of nitrogens with one attached hydrogen (secondary N) is 2. The predicted molar refractivity (Wildman–Crippen MR) is 170 cm³/mol. The summed E-state index contributed by atoms with van der Waals surface area (Å²) in [7, 11) is 0. The van der Waals surface area contributed by atoms with Crippen LogP contribution in [0, 0.1) is 0 Å². The molecule has 1 aliphatic rings. The van der Waals surface area contributed by atoms with E-state index in [1.165, 1.54) is 12.4 Å². The van der Waals surface area contributed by atoms with Crippen molar-refractivity contribution in [3.05, 3.63) is 85.5 Å². The molecule has 2 aromatic carbocycles. The summed E-state index contributed by atoms with van der Waals surface area (Å²) < 4.78 is 23.1. The summed E-state index contributed by atoms with van der Waals surface area (Å²) in [5.41, 5.74) is 2.60. The maximum atomic E-state index is 12.7. The number of carbonyl (C=O) groups excluding carboxylic acids is 2. The monoisotopic (exact) mass is 612 g/mol. The van der Waals surface area contributed by atoms with Crippen LogP contribution in [0.5, 0.6) is 11.5 Å². The van der Waals surface area contributed by atoms with Crippen LogP contribution in [0.1, 0.15) is 25.5 Å². The van der Waals surface area contributed by atoms with Crippen molar-refractivity contribution in [2.24, 2.45) is 0 Å². The van der Waals surface area contributed by atoms with Gasteiger partial charge in [-0.1, -0.05) is 26.0 Å². The molecule has 1 fully saturated rings. The van der Waals surface area contributed by atoms with Crippen LogP contribution >= 0.6 is 0 Å². The second-order valence-electron chi connectivity index (χ2n) is 10.2. The van der Waals surface area contributed by atoms with Crippen molar-refractivity contribution in [1.29, 1.82) is 0 Å². The van der Waals surface area contributed by atoms with E-state index in [4.69, 9.17) is 18.9 Å². The van der Waals surface area contributed by atoms with Crippen LogP contribution in [0.2, 0.25) is 0 Å². The van der Waals surface area contributed by atoms with E-state index in [0.29, 0.717) is 66.9 Å². The molecule has 2 N–H and O–H groups in total. The Morgan fingerprint density at radius 1 is 1.11 bits per heavy atom. The van der Waals surface area contributed by atoms with Crippen LogP contribution in [-0.2, 0) is 20.9 Å². The van der Waals surface area contributed by atoms with Gasteiger partial charge in [-0.3, -0.25) is 14.7 Å². The number of carbonyl (C=O) groups is 2. The maximum absolute atomic E-state index is 12.7. The Hall–Kier alpha value is -5.23. The number of hydrogen-bond donors (Lipinski definition) is 2. The topological polar surface area (TPSA) is 137 Å². The van der Waals surface area contributed by atoms with Crippen LogP contribution in [0.15, 0.2) is 79.8 Å². The Kier molecular flexibility index (Phi) is 10.7. The van der Waals surface area contributed by atoms with Crippen molar-refractivity contribution >= 4 is 40.1 Å². The number of amides is 2. The molecule has 0 aliphatic carbocycles. The number of hydrogen-bond acceptors (Lipinski definition) is 10. The van der Waals surface area contributed by atoms with E-state index in [2.05, 4.69) is 32.2 Å². The fourth-order valence-corrected chi connectivity index (χ4v) is 4.60. The van der Waals surface area contributed by atoms with Gasteiger partial charge < -0.3 is 29.6 Å². The number of ether oxygens (including phenoxy) is 4. The number of aromatic nitrogens is 3. The zero-order chi connectivity index (χ0) is 31.4. The number of morpholine rings is 1. The Labute approximate surface area is 261 Å². The molecule has 0 spiro atoms. The number of benzene rings is 2. The lowest BCUT2D eigenvalue weighted by atomic mass is 10.1. The molecule has 0 radical (unpaired) electrons. The quantitative estimate of drug-likeness (QED) is 0.147. The van der Waals surface area contributed by atoms with Crippen molar-refractivity contribution < 1.29 is 28.5 Å². The van der Waals surface area contributed by atoms with Crippen LogP contribution < -0.4 is 20.1 Å². The third-order valence-electron chi connectivity index (χ3n) is 7.03. The average molecular weight is 613 g/mol. The number of pyridine rings is 1. The number of nitrogens with zero attached hydrogens (tertiary/aromatic N) is 4. The van der Waals surface area contributed by atoms with Crippen LogP contribution in [0.3, 0.4) is 0 Å². The highest BCUT2D eigenvalue weighted by Crippen LogP contribution is 2.34. The van der Waals surface area contributed by atoms with Gasteiger partial charge in [-0.05, 0) is 55.0 Å². The van der Waals surface area contributed by atoms with Gasteiger partial charge in [0.25, 0.3) is 0 Å². The van der Waals surface area contributed by atoms with Gasteiger partial charge in [0.15, 0.2) is 0 Å². The molecule has 1 saturated heterocycles. The second-order valence-corrected chi connectivity index (χ2v) is 10.2. The highest BCUT2D eigenvalue weighted by atomic mass is 16.6. The third kappa shape index (κ3) is 8.45. The molecule has 3 heterocycles. The normalized spacial score (nSPS) is 14.4. The maximum Gasteiger partial charge on any atom is 0.410 e. The predicted octanol–water partition coefficient (Wildman–Crippen LogP) is 5.49. The highest BCUT2D eigenvalue weighted by Gasteiger charge is 2.29. The fraction of sp³-hybridized carbons (Fsp3) is 0.303. The minimum atomic E-state index is -0.408. The van der Waals surface area contributed by atoms with Gasteiger partial charge in [-0.15, -0.1) is 0 Å². The van der Waals surface area contributed by atoms with E-state index in [1.807, 2.05) is 49.4 Å². The molecule has 12 nitrogen and oxygen atoms in total. The van der Waals surface area contributed by atoms with Crippen LogP contribution in [0.25, 0.3) is 10.9 Å². The summed E-state index contributed by atoms with van der Waals surface area (Å²) in [6.45, 7) is 7.56. The van der Waals surface area contributed by atoms with Gasteiger partial charge in [0.1, 0.15) is 36.9 Å². The Balaban J connectivity index is 1.32. The first-order valence-corrected chi connectivity index (χ1v) is 14.8. The van der Waals surface area contributed by atoms with Crippen LogP contribution in [0.4, 0.5) is 22.0 Å². The zero-order valence-corrected chi connectivity index (χ0v) is 25.1. The van der Waals surface area contributed by atoms with Gasteiger partial charge in [0, 0.05) is 29.9 Å². The van der Waals surface area contributed by atoms with Gasteiger partial charge in [-0.2, -0.15) is 0 Å². The van der Waals surface area contributed by atoms with Gasteiger partial charge in [0.05, 0.1) is 42.8 Å². The highest BCUT2D eigenvalue weighted by molar-refractivity contribution is 6.03. The number of anilines is 3. The van der Waals surface area contributed by atoms with E-state index < -0.39 is 12.0 Å². The molecule has 4 aromatic rings. The lowest BCUT2D eigenvalue weighted by molar-refractivity contribution is -0.111. The van der Waals surface area contributed by atoms with Gasteiger partial charge >= 0.3 is 6.09 Å². The summed E-state index contributed by atoms with van der Waals surface area (Å²) in [6.07, 6.45) is 5.69. The number of fused-ring (bicyclic) bond motifs is 1. The van der Waals surface area contributed by atoms with E-state index in [-0.39, 0.29) is 12.6 Å². The molecule has 45 heavy (non-hydrogen) atoms. The summed E-state index contributed by atoms with van der Waals surface area (Å²) in [6, 6.07) is 16.3. The summed E-state index contributed by atoms with van der Waals surface area (Å²) in [5.74, 6) is 1.20. The van der Waals surface area contributed by atoms with E-state index >= 15 is 0 Å². The fourth-order valence-electron chi connectivity index (χ4n) is 4.60. The molecule has 2 amide bonds. The summed E-state index contributed by atoms with van der Waals surface area (Å²) in [5, 5.41) is 6.78. The standard InChI is InChI=1S/C33H36N6O6/c1-3-5-15-43-33(41)39-14-16-42-20-25(39)21-45-30-18-28-27(17-29(30)38-31(40)4-2)32(36-22-35-28)37-23-9-11-26(12-10-23)44-19-24-8-6-7-13-34-24/h4,6-13,17-18,22,25H,2-3,5,14-16,19-21H2,1H3,(H,38,40)(H,35,36,37)/t25-/m1/s1. The van der Waals surface area contributed by atoms with E-state index in [0.717, 1.165) is 24.2 Å². The minimum Gasteiger partial charge on any atom is -0.489 e. The summed E-state index contributed by atoms with van der Waals surface area (Å²) >= 11 is 0.